The van der Waals surface area contributed by atoms with Gasteiger partial charge in [0.2, 0.25) is 0 Å². The fourth-order valence-corrected chi connectivity index (χ4v) is 4.68. The lowest BCUT2D eigenvalue weighted by molar-refractivity contribution is 0.289. The standard InChI is InChI=1S/C23H17Cl3O2S/c1-14-10-16(25)4-8-21(14)28-12-20-19-11-17(26)5-9-22(19)29-23(20)13-27-18-6-2-15(24)3-7-18/h2-11H,12-13H2,1H3. The second-order valence-corrected chi connectivity index (χ2v) is 9.03. The van der Waals surface area contributed by atoms with Crippen LogP contribution in [0, 0.1) is 6.92 Å². The first-order chi connectivity index (χ1) is 14.0. The molecule has 0 N–H and O–H groups in total. The zero-order valence-corrected chi connectivity index (χ0v) is 18.6. The van der Waals surface area contributed by atoms with E-state index in [0.717, 1.165) is 37.6 Å². The number of aryl methyl sites for hydroxylation is 1. The van der Waals surface area contributed by atoms with Gasteiger partial charge in [-0.2, -0.15) is 0 Å². The third kappa shape index (κ3) is 4.81. The molecule has 3 aromatic carbocycles. The number of thiophene rings is 1. The second kappa shape index (κ2) is 8.85. The van der Waals surface area contributed by atoms with Gasteiger partial charge in [-0.05, 0) is 73.2 Å². The molecule has 0 radical (unpaired) electrons. The Hall–Kier alpha value is -1.91. The summed E-state index contributed by atoms with van der Waals surface area (Å²) in [7, 11) is 0. The molecule has 0 saturated carbocycles. The lowest BCUT2D eigenvalue weighted by atomic mass is 10.1. The molecule has 0 bridgehead atoms. The number of halogens is 3. The Kier molecular flexibility index (Phi) is 6.21. The van der Waals surface area contributed by atoms with Crippen molar-refractivity contribution in [2.45, 2.75) is 20.1 Å². The summed E-state index contributed by atoms with van der Waals surface area (Å²) in [6, 6.07) is 18.9. The van der Waals surface area contributed by atoms with E-state index >= 15 is 0 Å². The molecule has 6 heteroatoms. The topological polar surface area (TPSA) is 18.5 Å². The number of fused-ring (bicyclic) bond motifs is 1. The lowest BCUT2D eigenvalue weighted by Crippen LogP contribution is -2.02. The van der Waals surface area contributed by atoms with Gasteiger partial charge in [-0.25, -0.2) is 0 Å². The summed E-state index contributed by atoms with van der Waals surface area (Å²) in [6.07, 6.45) is 0. The van der Waals surface area contributed by atoms with Crippen LogP contribution in [0.4, 0.5) is 0 Å². The Morgan fingerprint density at radius 3 is 2.21 bits per heavy atom. The van der Waals surface area contributed by atoms with Crippen LogP contribution < -0.4 is 9.47 Å². The van der Waals surface area contributed by atoms with Gasteiger partial charge in [0.1, 0.15) is 24.7 Å². The van der Waals surface area contributed by atoms with Crippen molar-refractivity contribution in [3.8, 4) is 11.5 Å². The Balaban J connectivity index is 1.61. The van der Waals surface area contributed by atoms with Gasteiger partial charge in [0.25, 0.3) is 0 Å². The van der Waals surface area contributed by atoms with Gasteiger partial charge in [-0.1, -0.05) is 34.8 Å². The van der Waals surface area contributed by atoms with Gasteiger partial charge in [-0.3, -0.25) is 0 Å². The van der Waals surface area contributed by atoms with Crippen LogP contribution in [0.5, 0.6) is 11.5 Å². The molecule has 0 fully saturated rings. The molecular weight excluding hydrogens is 447 g/mol. The molecule has 0 spiro atoms. The Labute approximate surface area is 188 Å². The fraction of sp³-hybridized carbons (Fsp3) is 0.130. The van der Waals surface area contributed by atoms with E-state index < -0.39 is 0 Å². The van der Waals surface area contributed by atoms with Gasteiger partial charge in [0.05, 0.1) is 0 Å². The first-order valence-corrected chi connectivity index (χ1v) is 10.9. The van der Waals surface area contributed by atoms with Crippen molar-refractivity contribution in [1.29, 1.82) is 0 Å². The van der Waals surface area contributed by atoms with Crippen molar-refractivity contribution in [1.82, 2.24) is 0 Å². The molecule has 4 aromatic rings. The van der Waals surface area contributed by atoms with E-state index in [-0.39, 0.29) is 0 Å². The van der Waals surface area contributed by atoms with Crippen molar-refractivity contribution in [2.75, 3.05) is 0 Å². The molecule has 1 heterocycles. The van der Waals surface area contributed by atoms with Crippen LogP contribution >= 0.6 is 46.1 Å². The van der Waals surface area contributed by atoms with E-state index in [0.29, 0.717) is 28.3 Å². The fourth-order valence-electron chi connectivity index (χ4n) is 3.05. The van der Waals surface area contributed by atoms with Crippen molar-refractivity contribution >= 4 is 56.2 Å². The number of rotatable bonds is 6. The minimum Gasteiger partial charge on any atom is -0.489 e. The Morgan fingerprint density at radius 2 is 1.45 bits per heavy atom. The molecule has 0 aliphatic carbocycles. The highest BCUT2D eigenvalue weighted by atomic mass is 35.5. The van der Waals surface area contributed by atoms with Gasteiger partial charge in [0.15, 0.2) is 0 Å². The lowest BCUT2D eigenvalue weighted by Gasteiger charge is -2.11. The van der Waals surface area contributed by atoms with Crippen molar-refractivity contribution in [3.63, 3.8) is 0 Å². The maximum Gasteiger partial charge on any atom is 0.123 e. The maximum absolute atomic E-state index is 6.25. The van der Waals surface area contributed by atoms with Gasteiger partial charge in [0, 0.05) is 35.6 Å². The van der Waals surface area contributed by atoms with E-state index in [1.807, 2.05) is 67.6 Å². The van der Waals surface area contributed by atoms with Crippen LogP contribution in [0.3, 0.4) is 0 Å². The smallest absolute Gasteiger partial charge is 0.123 e. The molecule has 1 aromatic heterocycles. The van der Waals surface area contributed by atoms with Crippen LogP contribution in [0.2, 0.25) is 15.1 Å². The third-order valence-corrected chi connectivity index (χ3v) is 6.44. The average molecular weight is 464 g/mol. The number of benzene rings is 3. The van der Waals surface area contributed by atoms with Crippen LogP contribution in [0.1, 0.15) is 16.0 Å². The first-order valence-electron chi connectivity index (χ1n) is 8.97. The van der Waals surface area contributed by atoms with Crippen LogP contribution in [0.15, 0.2) is 60.7 Å². The van der Waals surface area contributed by atoms with Crippen LogP contribution in [0.25, 0.3) is 10.1 Å². The third-order valence-electron chi connectivity index (χ3n) is 4.53. The number of ether oxygens (including phenoxy) is 2. The highest BCUT2D eigenvalue weighted by Crippen LogP contribution is 2.35. The summed E-state index contributed by atoms with van der Waals surface area (Å²) in [5.41, 5.74) is 2.07. The predicted molar refractivity (Wildman–Crippen MR) is 123 cm³/mol. The van der Waals surface area contributed by atoms with Gasteiger partial charge < -0.3 is 9.47 Å². The maximum atomic E-state index is 6.25. The molecule has 29 heavy (non-hydrogen) atoms. The number of hydrogen-bond acceptors (Lipinski definition) is 3. The summed E-state index contributed by atoms with van der Waals surface area (Å²) in [5.74, 6) is 1.57. The minimum absolute atomic E-state index is 0.419. The molecule has 0 saturated heterocycles. The van der Waals surface area contributed by atoms with Crippen molar-refractivity contribution < 1.29 is 9.47 Å². The highest BCUT2D eigenvalue weighted by Gasteiger charge is 2.15. The molecule has 148 valence electrons. The van der Waals surface area contributed by atoms with E-state index in [2.05, 4.69) is 0 Å². The molecule has 4 rings (SSSR count). The monoisotopic (exact) mass is 462 g/mol. The summed E-state index contributed by atoms with van der Waals surface area (Å²) >= 11 is 19.9. The predicted octanol–water partition coefficient (Wildman–Crippen LogP) is 8.33. The summed E-state index contributed by atoms with van der Waals surface area (Å²) < 4.78 is 13.3. The van der Waals surface area contributed by atoms with Crippen molar-refractivity contribution in [3.05, 3.63) is 91.7 Å². The number of hydrogen-bond donors (Lipinski definition) is 0. The summed E-state index contributed by atoms with van der Waals surface area (Å²) in [6.45, 7) is 2.84. The van der Waals surface area contributed by atoms with E-state index in [4.69, 9.17) is 44.3 Å². The zero-order valence-electron chi connectivity index (χ0n) is 15.5. The summed E-state index contributed by atoms with van der Waals surface area (Å²) in [5, 5.41) is 3.16. The summed E-state index contributed by atoms with van der Waals surface area (Å²) in [4.78, 5) is 1.10. The van der Waals surface area contributed by atoms with E-state index in [9.17, 15) is 0 Å². The quantitative estimate of drug-likeness (QED) is 0.286. The SMILES string of the molecule is Cc1cc(Cl)ccc1OCc1c(COc2ccc(Cl)cc2)sc2ccc(Cl)cc12. The van der Waals surface area contributed by atoms with E-state index in [1.165, 1.54) is 0 Å². The minimum atomic E-state index is 0.419. The molecule has 0 amide bonds. The van der Waals surface area contributed by atoms with Crippen LogP contribution in [-0.4, -0.2) is 0 Å². The normalized spacial score (nSPS) is 11.0. The molecular formula is C23H17Cl3O2S. The molecule has 0 atom stereocenters. The highest BCUT2D eigenvalue weighted by molar-refractivity contribution is 7.19. The van der Waals surface area contributed by atoms with Crippen molar-refractivity contribution in [2.24, 2.45) is 0 Å². The molecule has 2 nitrogen and oxygen atoms in total. The Morgan fingerprint density at radius 1 is 0.759 bits per heavy atom. The first kappa shape index (κ1) is 20.4. The Bertz CT molecular complexity index is 1150. The second-order valence-electron chi connectivity index (χ2n) is 6.59. The van der Waals surface area contributed by atoms with Gasteiger partial charge in [-0.15, -0.1) is 11.3 Å². The molecule has 0 unspecified atom stereocenters. The molecule has 0 aliphatic heterocycles. The van der Waals surface area contributed by atoms with Crippen LogP contribution in [-0.2, 0) is 13.2 Å². The molecule has 0 aliphatic rings. The largest absolute Gasteiger partial charge is 0.489 e. The van der Waals surface area contributed by atoms with E-state index in [1.54, 1.807) is 11.3 Å². The average Bonchev–Trinajstić information content (AvgIpc) is 3.03. The zero-order chi connectivity index (χ0) is 20.4. The van der Waals surface area contributed by atoms with Gasteiger partial charge >= 0.3 is 0 Å².